The molecule has 192 valence electrons. The monoisotopic (exact) mass is 527 g/mol. The van der Waals surface area contributed by atoms with Crippen LogP contribution < -0.4 is 16.6 Å². The van der Waals surface area contributed by atoms with Gasteiger partial charge in [0.2, 0.25) is 5.91 Å². The van der Waals surface area contributed by atoms with Crippen molar-refractivity contribution in [3.05, 3.63) is 97.0 Å². The summed E-state index contributed by atoms with van der Waals surface area (Å²) in [5.74, 6) is -0.661. The van der Waals surface area contributed by atoms with Gasteiger partial charge in [-0.3, -0.25) is 18.7 Å². The molecule has 6 nitrogen and oxygen atoms in total. The van der Waals surface area contributed by atoms with Gasteiger partial charge < -0.3 is 5.32 Å². The second-order valence-electron chi connectivity index (χ2n) is 9.15. The van der Waals surface area contributed by atoms with Crippen molar-refractivity contribution >= 4 is 33.1 Å². The van der Waals surface area contributed by atoms with Gasteiger partial charge in [-0.2, -0.15) is 13.2 Å². The first-order chi connectivity index (χ1) is 17.6. The van der Waals surface area contributed by atoms with Crippen LogP contribution in [0.5, 0.6) is 0 Å². The van der Waals surface area contributed by atoms with E-state index in [1.54, 1.807) is 6.92 Å². The summed E-state index contributed by atoms with van der Waals surface area (Å²) in [4.78, 5) is 41.9. The molecule has 0 bridgehead atoms. The van der Waals surface area contributed by atoms with E-state index in [-0.39, 0.29) is 11.2 Å². The maximum atomic E-state index is 13.7. The number of aromatic nitrogens is 2. The van der Waals surface area contributed by atoms with Crippen molar-refractivity contribution < 1.29 is 18.0 Å². The van der Waals surface area contributed by atoms with Crippen LogP contribution >= 0.6 is 11.3 Å². The van der Waals surface area contributed by atoms with Crippen LogP contribution in [0.4, 0.5) is 18.9 Å². The number of halogens is 3. The Morgan fingerprint density at radius 2 is 1.78 bits per heavy atom. The van der Waals surface area contributed by atoms with E-state index in [0.29, 0.717) is 10.2 Å². The zero-order valence-corrected chi connectivity index (χ0v) is 20.8. The summed E-state index contributed by atoms with van der Waals surface area (Å²) in [6.45, 7) is 1.32. The average Bonchev–Trinajstić information content (AvgIpc) is 3.26. The fraction of sp³-hybridized carbons (Fsp3) is 0.296. The van der Waals surface area contributed by atoms with Crippen LogP contribution in [0, 0.1) is 0 Å². The molecule has 0 radical (unpaired) electrons. The van der Waals surface area contributed by atoms with Gasteiger partial charge in [-0.1, -0.05) is 36.4 Å². The number of carbonyl (C=O) groups is 1. The number of amides is 1. The molecule has 2 aromatic carbocycles. The molecule has 0 saturated heterocycles. The number of benzene rings is 2. The zero-order valence-electron chi connectivity index (χ0n) is 20.0. The first-order valence-corrected chi connectivity index (χ1v) is 12.8. The van der Waals surface area contributed by atoms with E-state index in [2.05, 4.69) is 5.32 Å². The highest BCUT2D eigenvalue weighted by molar-refractivity contribution is 7.18. The molecule has 2 aromatic heterocycles. The molecule has 1 unspecified atom stereocenters. The SMILES string of the molecule is CC(c1ccccc1)n1c(=O)c2c3c(sc2n(CC(=O)Nc2cccc(C(F)(F)F)c2)c1=O)CCCC3. The van der Waals surface area contributed by atoms with E-state index >= 15 is 0 Å². The topological polar surface area (TPSA) is 73.1 Å². The normalized spacial score (nSPS) is 14.4. The number of anilines is 1. The van der Waals surface area contributed by atoms with Crippen LogP contribution in [0.3, 0.4) is 0 Å². The minimum atomic E-state index is -4.55. The predicted molar refractivity (Wildman–Crippen MR) is 137 cm³/mol. The van der Waals surface area contributed by atoms with Gasteiger partial charge in [0.05, 0.1) is 17.0 Å². The number of aryl methyl sites for hydroxylation is 2. The molecule has 1 atom stereocenters. The Morgan fingerprint density at radius 3 is 2.51 bits per heavy atom. The van der Waals surface area contributed by atoms with Gasteiger partial charge in [0.15, 0.2) is 0 Å². The van der Waals surface area contributed by atoms with Gasteiger partial charge in [-0.25, -0.2) is 4.79 Å². The van der Waals surface area contributed by atoms with E-state index in [0.717, 1.165) is 53.8 Å². The Morgan fingerprint density at radius 1 is 1.05 bits per heavy atom. The summed E-state index contributed by atoms with van der Waals surface area (Å²) in [7, 11) is 0. The van der Waals surface area contributed by atoms with E-state index in [9.17, 15) is 27.6 Å². The molecule has 1 aliphatic rings. The third-order valence-corrected chi connectivity index (χ3v) is 8.03. The van der Waals surface area contributed by atoms with Crippen molar-refractivity contribution in [2.45, 2.75) is 51.4 Å². The minimum Gasteiger partial charge on any atom is -0.325 e. The fourth-order valence-electron chi connectivity index (χ4n) is 4.87. The molecule has 0 aliphatic heterocycles. The molecule has 1 N–H and O–H groups in total. The average molecular weight is 528 g/mol. The Kier molecular flexibility index (Phi) is 6.53. The minimum absolute atomic E-state index is 0.0273. The van der Waals surface area contributed by atoms with Gasteiger partial charge in [-0.15, -0.1) is 11.3 Å². The molecule has 4 aromatic rings. The van der Waals surface area contributed by atoms with Crippen LogP contribution in [0.15, 0.2) is 64.2 Å². The molecule has 10 heteroatoms. The summed E-state index contributed by atoms with van der Waals surface area (Å²) in [6.07, 6.45) is -1.12. The van der Waals surface area contributed by atoms with Crippen molar-refractivity contribution in [1.29, 1.82) is 0 Å². The highest BCUT2D eigenvalue weighted by Crippen LogP contribution is 2.35. The van der Waals surface area contributed by atoms with Gasteiger partial charge in [0.25, 0.3) is 5.56 Å². The summed E-state index contributed by atoms with van der Waals surface area (Å²) in [5, 5.41) is 2.92. The maximum absolute atomic E-state index is 13.7. The summed E-state index contributed by atoms with van der Waals surface area (Å²) in [6, 6.07) is 12.9. The molecule has 1 aliphatic carbocycles. The number of carbonyl (C=O) groups excluding carboxylic acids is 1. The highest BCUT2D eigenvalue weighted by atomic mass is 32.1. The highest BCUT2D eigenvalue weighted by Gasteiger charge is 2.31. The Bertz CT molecular complexity index is 1600. The lowest BCUT2D eigenvalue weighted by Crippen LogP contribution is -2.43. The van der Waals surface area contributed by atoms with Crippen LogP contribution in [0.25, 0.3) is 10.2 Å². The van der Waals surface area contributed by atoms with E-state index in [1.807, 2.05) is 30.3 Å². The number of thiophene rings is 1. The molecule has 0 fully saturated rings. The van der Waals surface area contributed by atoms with E-state index in [1.165, 1.54) is 32.6 Å². The van der Waals surface area contributed by atoms with Gasteiger partial charge in [-0.05, 0) is 61.9 Å². The molecule has 0 spiro atoms. The van der Waals surface area contributed by atoms with Gasteiger partial charge >= 0.3 is 11.9 Å². The molecular formula is C27H24F3N3O3S. The maximum Gasteiger partial charge on any atom is 0.416 e. The van der Waals surface area contributed by atoms with Crippen molar-refractivity contribution in [3.63, 3.8) is 0 Å². The predicted octanol–water partition coefficient (Wildman–Crippen LogP) is 5.37. The second-order valence-corrected chi connectivity index (χ2v) is 10.2. The van der Waals surface area contributed by atoms with Gasteiger partial charge in [0.1, 0.15) is 11.4 Å². The van der Waals surface area contributed by atoms with Crippen LogP contribution in [0.2, 0.25) is 0 Å². The number of rotatable bonds is 5. The smallest absolute Gasteiger partial charge is 0.325 e. The Hall–Kier alpha value is -3.66. The number of hydrogen-bond donors (Lipinski definition) is 1. The first-order valence-electron chi connectivity index (χ1n) is 12.0. The molecule has 37 heavy (non-hydrogen) atoms. The van der Waals surface area contributed by atoms with E-state index in [4.69, 9.17) is 0 Å². The van der Waals surface area contributed by atoms with Crippen molar-refractivity contribution in [2.75, 3.05) is 5.32 Å². The Labute approximate surface area is 214 Å². The third kappa shape index (κ3) is 4.73. The lowest BCUT2D eigenvalue weighted by atomic mass is 9.97. The first kappa shape index (κ1) is 25.0. The van der Waals surface area contributed by atoms with Crippen molar-refractivity contribution in [1.82, 2.24) is 9.13 Å². The molecular weight excluding hydrogens is 503 g/mol. The van der Waals surface area contributed by atoms with Crippen LogP contribution in [-0.4, -0.2) is 15.0 Å². The fourth-order valence-corrected chi connectivity index (χ4v) is 6.24. The lowest BCUT2D eigenvalue weighted by Gasteiger charge is -2.18. The summed E-state index contributed by atoms with van der Waals surface area (Å²) < 4.78 is 41.8. The Balaban J connectivity index is 1.60. The van der Waals surface area contributed by atoms with Crippen LogP contribution in [-0.2, 0) is 30.4 Å². The standard InChI is InChI=1S/C27H24F3N3O3S/c1-16(17-8-3-2-4-9-17)33-24(35)23-20-12-5-6-13-21(20)37-25(23)32(26(33)36)15-22(34)31-19-11-7-10-18(14-19)27(28,29)30/h2-4,7-11,14,16H,5-6,12-13,15H2,1H3,(H,31,34). The van der Waals surface area contributed by atoms with Crippen molar-refractivity contribution in [2.24, 2.45) is 0 Å². The molecule has 1 amide bonds. The quantitative estimate of drug-likeness (QED) is 0.379. The largest absolute Gasteiger partial charge is 0.416 e. The lowest BCUT2D eigenvalue weighted by molar-refractivity contribution is -0.137. The summed E-state index contributed by atoms with van der Waals surface area (Å²) >= 11 is 1.35. The van der Waals surface area contributed by atoms with Crippen molar-refractivity contribution in [3.8, 4) is 0 Å². The number of nitrogens with zero attached hydrogens (tertiary/aromatic N) is 2. The molecule has 5 rings (SSSR count). The second kappa shape index (κ2) is 9.66. The van der Waals surface area contributed by atoms with E-state index < -0.39 is 35.9 Å². The summed E-state index contributed by atoms with van der Waals surface area (Å²) in [5.41, 5.74) is -0.235. The number of alkyl halides is 3. The van der Waals surface area contributed by atoms with Crippen LogP contribution in [0.1, 0.15) is 47.4 Å². The third-order valence-electron chi connectivity index (χ3n) is 6.71. The van der Waals surface area contributed by atoms with Gasteiger partial charge in [0, 0.05) is 10.6 Å². The molecule has 0 saturated carbocycles. The zero-order chi connectivity index (χ0) is 26.3. The number of fused-ring (bicyclic) bond motifs is 3. The number of nitrogens with one attached hydrogen (secondary N) is 1. The number of hydrogen-bond acceptors (Lipinski definition) is 4. The molecule has 2 heterocycles.